The van der Waals surface area contributed by atoms with Crippen molar-refractivity contribution in [2.45, 2.75) is 103 Å². The van der Waals surface area contributed by atoms with Gasteiger partial charge in [-0.1, -0.05) is 82.1 Å². The number of hydrogen-bond donors (Lipinski definition) is 6. The number of allylic oxidation sites excluding steroid dienone is 5. The molecule has 0 radical (unpaired) electrons. The van der Waals surface area contributed by atoms with Crippen LogP contribution in [-0.2, 0) is 43.4 Å². The molecule has 80 heavy (non-hydrogen) atoms. The maximum atomic E-state index is 13.5. The number of carbonyl (C=O) groups excluding carboxylic acids is 1. The minimum atomic E-state index is -4.09. The number of nitrogens with two attached hydrogens (primary N) is 1. The number of aromatic amines is 1. The number of H-pyrrole nitrogens is 1. The Morgan fingerprint density at radius 2 is 1.65 bits per heavy atom. The van der Waals surface area contributed by atoms with Crippen LogP contribution in [0.25, 0.3) is 11.2 Å². The van der Waals surface area contributed by atoms with Crippen LogP contribution in [0.4, 0.5) is 23.0 Å². The number of unbranched alkanes of at least 4 members (excludes halogenated alkanes) is 3. The molecule has 0 fully saturated rings. The molecule has 0 bridgehead atoms. The van der Waals surface area contributed by atoms with Crippen LogP contribution in [0.2, 0.25) is 0 Å². The van der Waals surface area contributed by atoms with Crippen LogP contribution in [0, 0.1) is 0 Å². The molecule has 18 nitrogen and oxygen atoms in total. The maximum Gasteiger partial charge on any atom is 0.326 e. The Balaban J connectivity index is 0.965. The summed E-state index contributed by atoms with van der Waals surface area (Å²) in [5.74, 6) is -0.564. The van der Waals surface area contributed by atoms with E-state index in [1.165, 1.54) is 17.4 Å². The van der Waals surface area contributed by atoms with E-state index in [0.29, 0.717) is 66.6 Å². The van der Waals surface area contributed by atoms with Crippen LogP contribution in [0.3, 0.4) is 0 Å². The lowest BCUT2D eigenvalue weighted by molar-refractivity contribution is -0.438. The Morgan fingerprint density at radius 1 is 0.912 bits per heavy atom. The minimum absolute atomic E-state index is 0.00667. The number of fused-ring (bicyclic) bond motifs is 3. The highest BCUT2D eigenvalue weighted by Gasteiger charge is 2.44. The standard InChI is InChI=1S/C61H67N9O9S/c1-6-7-12-32-69-48-17-10-9-16-46(48)61(4,5)52(69)30-28-50-54(40(31-34-78-50)23-29-51-60(2,3)45-15-8-11-18-49(45)70(51)33-13-14-35-80(75,76)77)79-44-26-19-39(20-27-44)36-47(58(73)74)66-56(71)41-21-24-42(25-22-41)63-37-43-38-64-55-53(65-43)57(72)68-59(62)67-55/h8-11,15-30,38,47H,6-7,12-14,31-37H2,1-5H3,(H6-,62,63,64,66,67,68,71,72,73,74,75,76,77)/p+1/t47-/m0/s1. The summed E-state index contributed by atoms with van der Waals surface area (Å²) in [7, 11) is -4.09. The number of amides is 1. The third-order valence-corrected chi connectivity index (χ3v) is 15.7. The predicted octanol–water partition coefficient (Wildman–Crippen LogP) is 9.44. The summed E-state index contributed by atoms with van der Waals surface area (Å²) in [4.78, 5) is 55.7. The second-order valence-electron chi connectivity index (χ2n) is 21.3. The third kappa shape index (κ3) is 12.7. The number of carbonyl (C=O) groups is 2. The van der Waals surface area contributed by atoms with Gasteiger partial charge in [0.05, 0.1) is 36.2 Å². The largest absolute Gasteiger partial charge is 0.489 e. The van der Waals surface area contributed by atoms with E-state index >= 15 is 0 Å². The number of hydrogen-bond acceptors (Lipinski definition) is 13. The van der Waals surface area contributed by atoms with Gasteiger partial charge >= 0.3 is 5.97 Å². The van der Waals surface area contributed by atoms with Gasteiger partial charge in [-0.25, -0.2) is 14.8 Å². The molecule has 0 saturated heterocycles. The van der Waals surface area contributed by atoms with Crippen LogP contribution < -0.4 is 31.6 Å². The lowest BCUT2D eigenvalue weighted by Crippen LogP contribution is -2.42. The molecule has 4 aromatic carbocycles. The number of benzene rings is 4. The Kier molecular flexibility index (Phi) is 16.8. The molecule has 6 aromatic rings. The maximum absolute atomic E-state index is 13.5. The molecule has 1 amide bonds. The molecule has 7 N–H and O–H groups in total. The number of rotatable bonds is 22. The van der Waals surface area contributed by atoms with Crippen LogP contribution in [0.15, 0.2) is 155 Å². The summed E-state index contributed by atoms with van der Waals surface area (Å²) in [6, 6.07) is 29.2. The zero-order valence-corrected chi connectivity index (χ0v) is 46.5. The summed E-state index contributed by atoms with van der Waals surface area (Å²) >= 11 is 0. The van der Waals surface area contributed by atoms with Crippen molar-refractivity contribution >= 4 is 61.9 Å². The number of para-hydroxylation sites is 2. The van der Waals surface area contributed by atoms with Crippen molar-refractivity contribution in [3.63, 3.8) is 0 Å². The first kappa shape index (κ1) is 56.3. The second-order valence-corrected chi connectivity index (χ2v) is 22.8. The number of carboxylic acid groups (broad SMARTS) is 1. The van der Waals surface area contributed by atoms with Gasteiger partial charge in [-0.15, -0.1) is 0 Å². The fourth-order valence-electron chi connectivity index (χ4n) is 10.7. The molecule has 3 aliphatic heterocycles. The van der Waals surface area contributed by atoms with Gasteiger partial charge in [-0.3, -0.25) is 19.1 Å². The molecule has 1 atom stereocenters. The van der Waals surface area contributed by atoms with Gasteiger partial charge in [0.15, 0.2) is 28.4 Å². The highest BCUT2D eigenvalue weighted by atomic mass is 32.2. The second kappa shape index (κ2) is 23.9. The molecule has 416 valence electrons. The highest BCUT2D eigenvalue weighted by molar-refractivity contribution is 7.85. The summed E-state index contributed by atoms with van der Waals surface area (Å²) in [6.07, 6.45) is 14.5. The SMILES string of the molecule is CCCCCN1C(=CC=C2OCCC(C=CC3=[N+](CCCCS(=O)(=O)O)c4ccccc4C3(C)C)=C2Oc2ccc(C[C@H](NC(=O)c3ccc(NCc4cnc5nc(N)[nH]c(=O)c5n4)cc3)C(=O)O)cc2)C(C)(C)c2ccccc21. The minimum Gasteiger partial charge on any atom is -0.489 e. The van der Waals surface area contributed by atoms with E-state index in [4.69, 9.17) is 15.2 Å². The quantitative estimate of drug-likeness (QED) is 0.0210. The molecule has 2 aromatic heterocycles. The normalized spacial score (nSPS) is 17.0. The number of nitrogens with one attached hydrogen (secondary N) is 3. The molecule has 9 rings (SSSR count). The van der Waals surface area contributed by atoms with Gasteiger partial charge < -0.3 is 35.8 Å². The number of ether oxygens (including phenoxy) is 2. The van der Waals surface area contributed by atoms with Gasteiger partial charge in [-0.2, -0.15) is 18.0 Å². The van der Waals surface area contributed by atoms with Crippen molar-refractivity contribution in [2.24, 2.45) is 0 Å². The lowest BCUT2D eigenvalue weighted by Gasteiger charge is -2.27. The molecule has 0 aliphatic carbocycles. The van der Waals surface area contributed by atoms with E-state index in [1.54, 1.807) is 48.5 Å². The summed E-state index contributed by atoms with van der Waals surface area (Å²) < 4.78 is 48.3. The van der Waals surface area contributed by atoms with Crippen molar-refractivity contribution in [2.75, 3.05) is 41.4 Å². The van der Waals surface area contributed by atoms with E-state index in [2.05, 4.69) is 129 Å². The first-order valence-corrected chi connectivity index (χ1v) is 28.6. The summed E-state index contributed by atoms with van der Waals surface area (Å²) in [5.41, 5.74) is 14.3. The fraction of sp³-hybridized carbons (Fsp3) is 0.328. The van der Waals surface area contributed by atoms with Gasteiger partial charge in [0.2, 0.25) is 11.6 Å². The highest BCUT2D eigenvalue weighted by Crippen LogP contribution is 2.48. The van der Waals surface area contributed by atoms with Crippen molar-refractivity contribution in [3.8, 4) is 5.75 Å². The van der Waals surface area contributed by atoms with Gasteiger partial charge in [0.1, 0.15) is 18.3 Å². The topological polar surface area (TPSA) is 255 Å². The Bertz CT molecular complexity index is 3660. The number of nitrogens with zero attached hydrogens (tertiary/aromatic N) is 5. The number of nitrogen functional groups attached to an aromatic ring is 1. The number of aromatic nitrogens is 4. The molecule has 5 heterocycles. The average Bonchev–Trinajstić information content (AvgIpc) is 4.03. The van der Waals surface area contributed by atoms with Crippen LogP contribution in [0.5, 0.6) is 5.75 Å². The zero-order valence-electron chi connectivity index (χ0n) is 45.7. The van der Waals surface area contributed by atoms with Crippen molar-refractivity contribution < 1.29 is 41.7 Å². The van der Waals surface area contributed by atoms with Crippen molar-refractivity contribution in [3.05, 3.63) is 189 Å². The van der Waals surface area contributed by atoms with E-state index < -0.39 is 39.0 Å². The van der Waals surface area contributed by atoms with E-state index in [0.717, 1.165) is 54.0 Å². The Labute approximate surface area is 465 Å². The fourth-order valence-corrected chi connectivity index (χ4v) is 11.2. The van der Waals surface area contributed by atoms with Crippen LogP contribution >= 0.6 is 0 Å². The van der Waals surface area contributed by atoms with Crippen molar-refractivity contribution in [1.29, 1.82) is 0 Å². The van der Waals surface area contributed by atoms with Gasteiger partial charge in [0, 0.05) is 77.1 Å². The molecule has 0 unspecified atom stereocenters. The van der Waals surface area contributed by atoms with Crippen molar-refractivity contribution in [1.82, 2.24) is 25.3 Å². The third-order valence-electron chi connectivity index (χ3n) is 14.9. The van der Waals surface area contributed by atoms with E-state index in [-0.39, 0.29) is 46.8 Å². The van der Waals surface area contributed by atoms with Crippen LogP contribution in [0.1, 0.15) is 106 Å². The predicted molar refractivity (Wildman–Crippen MR) is 310 cm³/mol. The van der Waals surface area contributed by atoms with E-state index in [9.17, 15) is 32.5 Å². The molecular weight excluding hydrogens is 1030 g/mol. The number of carboxylic acids is 1. The molecule has 19 heteroatoms. The molecule has 3 aliphatic rings. The first-order valence-electron chi connectivity index (χ1n) is 27.0. The lowest BCUT2D eigenvalue weighted by atomic mass is 9.81. The van der Waals surface area contributed by atoms with Gasteiger partial charge in [0.25, 0.3) is 21.6 Å². The first-order chi connectivity index (χ1) is 38.3. The molecule has 0 saturated carbocycles. The Morgan fingerprint density at radius 3 is 2.39 bits per heavy atom. The molecular formula is C61H68N9O9S+. The summed E-state index contributed by atoms with van der Waals surface area (Å²) in [5, 5.41) is 16.2. The zero-order chi connectivity index (χ0) is 56.8. The monoisotopic (exact) mass is 1100 g/mol. The van der Waals surface area contributed by atoms with Gasteiger partial charge in [-0.05, 0) is 98.5 Å². The number of anilines is 3. The van der Waals surface area contributed by atoms with E-state index in [1.807, 2.05) is 18.2 Å². The average molecular weight is 1100 g/mol. The smallest absolute Gasteiger partial charge is 0.326 e. The molecule has 0 spiro atoms. The number of aliphatic carboxylic acids is 1. The Hall–Kier alpha value is -8.42. The summed E-state index contributed by atoms with van der Waals surface area (Å²) in [6.45, 7) is 13.1. The van der Waals surface area contributed by atoms with Crippen LogP contribution in [-0.4, -0.2) is 91.7 Å².